The molecule has 4 aromatic rings. The zero-order valence-corrected chi connectivity index (χ0v) is 16.8. The van der Waals surface area contributed by atoms with Gasteiger partial charge in [-0.25, -0.2) is 0 Å². The van der Waals surface area contributed by atoms with Crippen molar-refractivity contribution in [3.05, 3.63) is 64.7 Å². The largest absolute Gasteiger partial charge is 0.295 e. The van der Waals surface area contributed by atoms with Crippen LogP contribution >= 0.6 is 0 Å². The van der Waals surface area contributed by atoms with Gasteiger partial charge in [0.1, 0.15) is 15.9 Å². The first-order valence-corrected chi connectivity index (χ1v) is 8.80. The van der Waals surface area contributed by atoms with Crippen LogP contribution in [0.1, 0.15) is 0 Å². The van der Waals surface area contributed by atoms with Crippen LogP contribution in [0.15, 0.2) is 59.5 Å². The van der Waals surface area contributed by atoms with Crippen LogP contribution in [0.3, 0.4) is 0 Å². The zero-order chi connectivity index (χ0) is 18.5. The van der Waals surface area contributed by atoms with Gasteiger partial charge in [-0.1, -0.05) is 24.3 Å². The Labute approximate surface area is 174 Å². The number of fused-ring (bicyclic) bond motifs is 3. The Morgan fingerprint density at radius 2 is 1.63 bits per heavy atom. The van der Waals surface area contributed by atoms with E-state index in [2.05, 4.69) is 10.2 Å². The summed E-state index contributed by atoms with van der Waals surface area (Å²) in [4.78, 5) is 11.2. The number of nitrogens with zero attached hydrogens (tertiary/aromatic N) is 4. The van der Waals surface area contributed by atoms with Crippen LogP contribution in [0.25, 0.3) is 27.5 Å². The molecule has 0 saturated carbocycles. The van der Waals surface area contributed by atoms with Crippen molar-refractivity contribution in [2.24, 2.45) is 0 Å². The maximum atomic E-state index is 11.7. The maximum Gasteiger partial charge on any atom is 0.295 e. The van der Waals surface area contributed by atoms with E-state index in [1.165, 1.54) is 35.1 Å². The first kappa shape index (κ1) is 19.4. The molecule has 1 aromatic heterocycles. The zero-order valence-electron chi connectivity index (χ0n) is 14.0. The van der Waals surface area contributed by atoms with E-state index in [1.807, 2.05) is 0 Å². The molecule has 1 heterocycles. The van der Waals surface area contributed by atoms with Gasteiger partial charge in [-0.15, -0.1) is 10.2 Å². The maximum absolute atomic E-state index is 11.7. The van der Waals surface area contributed by atoms with Crippen LogP contribution in [-0.4, -0.2) is 62.4 Å². The van der Waals surface area contributed by atoms with Crippen LogP contribution < -0.4 is 0 Å². The summed E-state index contributed by atoms with van der Waals surface area (Å²) in [5.74, 6) is 0. The summed E-state index contributed by atoms with van der Waals surface area (Å²) in [6, 6.07) is 13.5. The number of nitro benzene ring substituents is 1. The SMILES string of the molecule is O=[N+]([O-])c1ccc(-n2nc3cc(S(=O)(=O)O)c4ccccc4c3n2)cc1.[Na]. The molecule has 1 radical (unpaired) electrons. The number of hydrogen-bond acceptors (Lipinski definition) is 6. The molecule has 11 heteroatoms. The fraction of sp³-hybridized carbons (Fsp3) is 0. The molecule has 3 aromatic carbocycles. The summed E-state index contributed by atoms with van der Waals surface area (Å²) in [5, 5.41) is 20.2. The molecule has 0 aliphatic rings. The molecular weight excluding hydrogens is 383 g/mol. The Morgan fingerprint density at radius 1 is 1.00 bits per heavy atom. The summed E-state index contributed by atoms with van der Waals surface area (Å²) in [6.45, 7) is 0. The molecule has 0 aliphatic carbocycles. The van der Waals surface area contributed by atoms with Gasteiger partial charge in [-0.2, -0.15) is 13.2 Å². The van der Waals surface area contributed by atoms with Crippen molar-refractivity contribution in [2.75, 3.05) is 0 Å². The Kier molecular flexibility index (Phi) is 5.02. The van der Waals surface area contributed by atoms with Crippen molar-refractivity contribution in [3.8, 4) is 5.69 Å². The van der Waals surface area contributed by atoms with Crippen molar-refractivity contribution >= 4 is 67.2 Å². The van der Waals surface area contributed by atoms with E-state index in [1.54, 1.807) is 24.3 Å². The summed E-state index contributed by atoms with van der Waals surface area (Å²) >= 11 is 0. The fourth-order valence-corrected chi connectivity index (χ4v) is 3.47. The van der Waals surface area contributed by atoms with Crippen LogP contribution in [-0.2, 0) is 10.1 Å². The number of rotatable bonds is 3. The molecule has 1 N–H and O–H groups in total. The minimum atomic E-state index is -4.44. The van der Waals surface area contributed by atoms with Gasteiger partial charge in [0.2, 0.25) is 0 Å². The van der Waals surface area contributed by atoms with Crippen LogP contribution in [0.2, 0.25) is 0 Å². The van der Waals surface area contributed by atoms with Crippen molar-refractivity contribution in [3.63, 3.8) is 0 Å². The van der Waals surface area contributed by atoms with Gasteiger partial charge in [0.25, 0.3) is 15.8 Å². The molecule has 131 valence electrons. The number of hydrogen-bond donors (Lipinski definition) is 1. The van der Waals surface area contributed by atoms with E-state index in [9.17, 15) is 23.1 Å². The number of nitro groups is 1. The second kappa shape index (κ2) is 6.98. The quantitative estimate of drug-likeness (QED) is 0.245. The van der Waals surface area contributed by atoms with Crippen molar-refractivity contribution in [1.29, 1.82) is 0 Å². The Balaban J connectivity index is 0.00000210. The molecule has 0 amide bonds. The monoisotopic (exact) mass is 393 g/mol. The normalized spacial score (nSPS) is 11.4. The van der Waals surface area contributed by atoms with Gasteiger partial charge in [0.15, 0.2) is 0 Å². The van der Waals surface area contributed by atoms with E-state index in [0.29, 0.717) is 22.0 Å². The number of benzene rings is 3. The van der Waals surface area contributed by atoms with E-state index in [-0.39, 0.29) is 45.7 Å². The molecule has 0 bridgehead atoms. The van der Waals surface area contributed by atoms with E-state index >= 15 is 0 Å². The predicted molar refractivity (Wildman–Crippen MR) is 98.6 cm³/mol. The minimum absolute atomic E-state index is 0. The van der Waals surface area contributed by atoms with Gasteiger partial charge >= 0.3 is 0 Å². The first-order chi connectivity index (χ1) is 12.3. The molecule has 0 aliphatic heterocycles. The molecule has 0 unspecified atom stereocenters. The summed E-state index contributed by atoms with van der Waals surface area (Å²) in [7, 11) is -4.44. The van der Waals surface area contributed by atoms with E-state index in [4.69, 9.17) is 0 Å². The molecule has 9 nitrogen and oxygen atoms in total. The summed E-state index contributed by atoms with van der Waals surface area (Å²) in [5.41, 5.74) is 1.13. The molecule has 0 fully saturated rings. The molecule has 4 rings (SSSR count). The van der Waals surface area contributed by atoms with Gasteiger partial charge in [-0.05, 0) is 18.2 Å². The second-order valence-corrected chi connectivity index (χ2v) is 6.92. The van der Waals surface area contributed by atoms with E-state index < -0.39 is 15.0 Å². The van der Waals surface area contributed by atoms with Crippen LogP contribution in [0.5, 0.6) is 0 Å². The summed E-state index contributed by atoms with van der Waals surface area (Å²) < 4.78 is 32.9. The van der Waals surface area contributed by atoms with Crippen LogP contribution in [0, 0.1) is 10.1 Å². The Hall–Kier alpha value is -2.37. The van der Waals surface area contributed by atoms with Gasteiger partial charge in [0.05, 0.1) is 10.6 Å². The topological polar surface area (TPSA) is 128 Å². The van der Waals surface area contributed by atoms with Crippen LogP contribution in [0.4, 0.5) is 5.69 Å². The molecule has 27 heavy (non-hydrogen) atoms. The Morgan fingerprint density at radius 3 is 2.22 bits per heavy atom. The molecule has 0 saturated heterocycles. The van der Waals surface area contributed by atoms with Crippen molar-refractivity contribution < 1.29 is 17.9 Å². The Bertz CT molecular complexity index is 1290. The molecule has 0 atom stereocenters. The third kappa shape index (κ3) is 3.45. The van der Waals surface area contributed by atoms with Gasteiger partial charge in [0, 0.05) is 52.5 Å². The third-order valence-electron chi connectivity index (χ3n) is 3.92. The van der Waals surface area contributed by atoms with Crippen molar-refractivity contribution in [1.82, 2.24) is 15.0 Å². The average Bonchev–Trinajstić information content (AvgIpc) is 3.05. The number of aromatic nitrogens is 3. The van der Waals surface area contributed by atoms with E-state index in [0.717, 1.165) is 0 Å². The predicted octanol–water partition coefficient (Wildman–Crippen LogP) is 2.35. The fourth-order valence-electron chi connectivity index (χ4n) is 2.75. The minimum Gasteiger partial charge on any atom is -0.282 e. The number of non-ortho nitro benzene ring substituents is 1. The smallest absolute Gasteiger partial charge is 0.282 e. The van der Waals surface area contributed by atoms with Gasteiger partial charge < -0.3 is 0 Å². The summed E-state index contributed by atoms with van der Waals surface area (Å²) in [6.07, 6.45) is 0. The standard InChI is InChI=1S/C16H10N4O5S.Na/c21-20(22)11-7-5-10(6-8-11)19-17-14-9-15(26(23,24)25)12-3-1-2-4-13(12)16(14)18-19;/h1-9H,(H,23,24,25);. The second-order valence-electron chi connectivity index (χ2n) is 5.53. The van der Waals surface area contributed by atoms with Crippen molar-refractivity contribution in [2.45, 2.75) is 4.90 Å². The average molecular weight is 393 g/mol. The first-order valence-electron chi connectivity index (χ1n) is 7.36. The third-order valence-corrected chi connectivity index (χ3v) is 4.82. The molecule has 0 spiro atoms. The van der Waals surface area contributed by atoms with Gasteiger partial charge in [-0.3, -0.25) is 14.7 Å². The molecular formula is C16H10N4NaO5S.